The average Bonchev–Trinajstić information content (AvgIpc) is 3.90. The number of rotatable bonds is 4. The second-order valence-corrected chi connectivity index (χ2v) is 14.1. The Morgan fingerprint density at radius 2 is 1.21 bits per heavy atom. The molecule has 0 saturated heterocycles. The van der Waals surface area contributed by atoms with E-state index in [1.165, 1.54) is 0 Å². The van der Waals surface area contributed by atoms with Crippen LogP contribution in [0.4, 0.5) is 0 Å². The Balaban J connectivity index is 1.20. The lowest BCUT2D eigenvalue weighted by Crippen LogP contribution is -2.00. The van der Waals surface area contributed by atoms with Gasteiger partial charge in [-0.1, -0.05) is 97.1 Å². The molecular formula is C46H25N5OS. The van der Waals surface area contributed by atoms with Crippen molar-refractivity contribution in [3.05, 3.63) is 157 Å². The largest absolute Gasteiger partial charge is 0.456 e. The van der Waals surface area contributed by atoms with Crippen molar-refractivity contribution in [3.63, 3.8) is 0 Å². The second kappa shape index (κ2) is 11.4. The molecule has 0 aliphatic carbocycles. The van der Waals surface area contributed by atoms with Crippen LogP contribution in [0.5, 0.6) is 0 Å². The number of para-hydroxylation sites is 2. The first-order valence-electron chi connectivity index (χ1n) is 17.3. The zero-order valence-corrected chi connectivity index (χ0v) is 28.8. The fraction of sp³-hybridized carbons (Fsp3) is 0. The average molecular weight is 696 g/mol. The summed E-state index contributed by atoms with van der Waals surface area (Å²) in [6.45, 7) is 0. The predicted molar refractivity (Wildman–Crippen MR) is 215 cm³/mol. The van der Waals surface area contributed by atoms with E-state index in [4.69, 9.17) is 19.4 Å². The lowest BCUT2D eigenvalue weighted by atomic mass is 10.0. The van der Waals surface area contributed by atoms with E-state index < -0.39 is 0 Å². The highest BCUT2D eigenvalue weighted by atomic mass is 32.1. The molecule has 0 atom stereocenters. The van der Waals surface area contributed by atoms with Crippen molar-refractivity contribution < 1.29 is 4.42 Å². The van der Waals surface area contributed by atoms with Crippen molar-refractivity contribution in [1.82, 2.24) is 19.5 Å². The van der Waals surface area contributed by atoms with Crippen LogP contribution in [0.3, 0.4) is 0 Å². The summed E-state index contributed by atoms with van der Waals surface area (Å²) < 4.78 is 10.9. The molecule has 0 radical (unpaired) electrons. The molecule has 0 aliphatic rings. The third-order valence-corrected chi connectivity index (χ3v) is 11.3. The summed E-state index contributed by atoms with van der Waals surface area (Å²) in [5, 5.41) is 16.1. The number of furan rings is 1. The summed E-state index contributed by atoms with van der Waals surface area (Å²) in [5.41, 5.74) is 8.28. The van der Waals surface area contributed by atoms with Gasteiger partial charge in [-0.15, -0.1) is 11.3 Å². The number of fused-ring (bicyclic) bond motifs is 9. The molecule has 0 aliphatic heterocycles. The summed E-state index contributed by atoms with van der Waals surface area (Å²) in [7, 11) is 0. The van der Waals surface area contributed by atoms with Crippen molar-refractivity contribution in [2.75, 3.05) is 0 Å². The standard InChI is InChI=1S/C46H25N5OS/c47-26-27-23-24-40-34(25-27)29-15-8-17-33(43(29)53-40)46-49-44(28-11-2-1-3-12-28)48-45(50-46)32-16-9-19-36-41(32)30-13-4-6-18-35(30)51(36)37-20-10-22-39-42(37)31-14-5-7-21-38(31)52-39/h1-25H. The minimum absolute atomic E-state index is 0.596. The maximum absolute atomic E-state index is 9.62. The number of aromatic nitrogens is 4. The molecule has 53 heavy (non-hydrogen) atoms. The second-order valence-electron chi connectivity index (χ2n) is 13.1. The molecule has 0 amide bonds. The molecule has 7 heteroatoms. The highest BCUT2D eigenvalue weighted by Crippen LogP contribution is 2.43. The van der Waals surface area contributed by atoms with Gasteiger partial charge in [-0.25, -0.2) is 15.0 Å². The van der Waals surface area contributed by atoms with Gasteiger partial charge in [0.25, 0.3) is 0 Å². The lowest BCUT2D eigenvalue weighted by molar-refractivity contribution is 0.669. The van der Waals surface area contributed by atoms with Gasteiger partial charge in [0.15, 0.2) is 17.5 Å². The Morgan fingerprint density at radius 3 is 2.09 bits per heavy atom. The van der Waals surface area contributed by atoms with Gasteiger partial charge in [0.05, 0.1) is 33.7 Å². The number of nitrogens with zero attached hydrogens (tertiary/aromatic N) is 5. The third-order valence-electron chi connectivity index (χ3n) is 10.1. The first-order valence-corrected chi connectivity index (χ1v) is 18.2. The Kier molecular flexibility index (Phi) is 6.38. The SMILES string of the molecule is N#Cc1ccc2sc3c(-c4nc(-c5ccccc5)nc(-c5cccc6c5c5ccccc5n6-c5cccc6oc7ccccc7c56)n4)cccc3c2c1. The van der Waals surface area contributed by atoms with E-state index in [0.29, 0.717) is 23.0 Å². The van der Waals surface area contributed by atoms with Gasteiger partial charge < -0.3 is 8.98 Å². The molecule has 246 valence electrons. The van der Waals surface area contributed by atoms with Gasteiger partial charge in [0, 0.05) is 53.0 Å². The van der Waals surface area contributed by atoms with Crippen molar-refractivity contribution >= 4 is 75.3 Å². The predicted octanol–water partition coefficient (Wildman–Crippen LogP) is 12.1. The first kappa shape index (κ1) is 29.6. The van der Waals surface area contributed by atoms with E-state index in [9.17, 15) is 5.26 Å². The van der Waals surface area contributed by atoms with E-state index in [1.807, 2.05) is 72.8 Å². The highest BCUT2D eigenvalue weighted by Gasteiger charge is 2.22. The van der Waals surface area contributed by atoms with Crippen molar-refractivity contribution in [3.8, 4) is 45.9 Å². The van der Waals surface area contributed by atoms with Crippen molar-refractivity contribution in [2.24, 2.45) is 0 Å². The molecule has 4 heterocycles. The van der Waals surface area contributed by atoms with Crippen LogP contribution in [0.25, 0.3) is 104 Å². The highest BCUT2D eigenvalue weighted by molar-refractivity contribution is 7.26. The third kappa shape index (κ3) is 4.46. The van der Waals surface area contributed by atoms with Crippen LogP contribution in [0.15, 0.2) is 156 Å². The number of nitriles is 1. The molecule has 4 aromatic heterocycles. The molecule has 11 aromatic rings. The Labute approximate surface area is 306 Å². The molecule has 0 unspecified atom stereocenters. The molecule has 7 aromatic carbocycles. The van der Waals surface area contributed by atoms with Gasteiger partial charge in [-0.2, -0.15) is 5.26 Å². The fourth-order valence-corrected chi connectivity index (χ4v) is 8.98. The van der Waals surface area contributed by atoms with E-state index >= 15 is 0 Å². The van der Waals surface area contributed by atoms with Gasteiger partial charge in [0.2, 0.25) is 0 Å². The maximum atomic E-state index is 9.62. The number of hydrogen-bond donors (Lipinski definition) is 0. The van der Waals surface area contributed by atoms with Crippen molar-refractivity contribution in [1.29, 1.82) is 5.26 Å². The lowest BCUT2D eigenvalue weighted by Gasteiger charge is -2.11. The molecule has 0 spiro atoms. The summed E-state index contributed by atoms with van der Waals surface area (Å²) >= 11 is 1.69. The summed E-state index contributed by atoms with van der Waals surface area (Å²) in [5.74, 6) is 1.80. The zero-order chi connectivity index (χ0) is 35.0. The molecule has 0 bridgehead atoms. The summed E-state index contributed by atoms with van der Waals surface area (Å²) in [4.78, 5) is 15.6. The Bertz CT molecular complexity index is 3310. The summed E-state index contributed by atoms with van der Waals surface area (Å²) in [6.07, 6.45) is 0. The topological polar surface area (TPSA) is 80.5 Å². The van der Waals surface area contributed by atoms with Crippen LogP contribution in [0, 0.1) is 11.3 Å². The van der Waals surface area contributed by atoms with Crippen LogP contribution in [-0.2, 0) is 0 Å². The van der Waals surface area contributed by atoms with Gasteiger partial charge in [-0.05, 0) is 54.6 Å². The van der Waals surface area contributed by atoms with Crippen LogP contribution in [0.2, 0.25) is 0 Å². The van der Waals surface area contributed by atoms with Gasteiger partial charge in [-0.3, -0.25) is 0 Å². The first-order chi connectivity index (χ1) is 26.2. The molecule has 6 nitrogen and oxygen atoms in total. The number of benzene rings is 7. The van der Waals surface area contributed by atoms with Gasteiger partial charge in [0.1, 0.15) is 11.2 Å². The normalized spacial score (nSPS) is 11.8. The van der Waals surface area contributed by atoms with Crippen molar-refractivity contribution in [2.45, 2.75) is 0 Å². The molecule has 0 fully saturated rings. The van der Waals surface area contributed by atoms with Gasteiger partial charge >= 0.3 is 0 Å². The Hall–Kier alpha value is -7.14. The van der Waals surface area contributed by atoms with Crippen LogP contribution in [0.1, 0.15) is 5.56 Å². The monoisotopic (exact) mass is 695 g/mol. The van der Waals surface area contributed by atoms with Crippen LogP contribution in [-0.4, -0.2) is 19.5 Å². The quantitative estimate of drug-likeness (QED) is 0.183. The van der Waals surface area contributed by atoms with E-state index in [2.05, 4.69) is 89.5 Å². The zero-order valence-electron chi connectivity index (χ0n) is 28.0. The molecular weight excluding hydrogens is 671 g/mol. The Morgan fingerprint density at radius 1 is 0.528 bits per heavy atom. The van der Waals surface area contributed by atoms with Crippen LogP contribution >= 0.6 is 11.3 Å². The number of hydrogen-bond acceptors (Lipinski definition) is 6. The smallest absolute Gasteiger partial charge is 0.165 e. The minimum atomic E-state index is 0.596. The maximum Gasteiger partial charge on any atom is 0.165 e. The molecule has 0 saturated carbocycles. The fourth-order valence-electron chi connectivity index (χ4n) is 7.78. The van der Waals surface area contributed by atoms with E-state index in [0.717, 1.165) is 86.3 Å². The van der Waals surface area contributed by atoms with E-state index in [1.54, 1.807) is 11.3 Å². The molecule has 0 N–H and O–H groups in total. The van der Waals surface area contributed by atoms with E-state index in [-0.39, 0.29) is 0 Å². The summed E-state index contributed by atoms with van der Waals surface area (Å²) in [6, 6.07) is 53.9. The van der Waals surface area contributed by atoms with Crippen LogP contribution < -0.4 is 0 Å². The number of thiophene rings is 1. The minimum Gasteiger partial charge on any atom is -0.456 e. The molecule has 11 rings (SSSR count).